The number of hydrogen-bond donors (Lipinski definition) is 16. The number of aliphatic hydroxyl groups excluding tert-OH is 1. The smallest absolute Gasteiger partial charge is 0.328 e. The minimum Gasteiger partial charge on any atom is -0.481 e. The van der Waals surface area contributed by atoms with Crippen LogP contribution >= 0.6 is 0 Å². The SMILES string of the molecule is C[C@H](NC(=O)[C@H](CCCN=C(N)N)NC(=O)CNC(=O)[C@H](CC(N)=O)NC(=O)[C@@H]1CCCN1C(=O)[C@H](CCC(=O)O)NC(=O)[C@H](CC(=O)O)NC(=O)[C@@H](N)CCCCN)C(=O)N[C@@H](CO)C(=O)O. The van der Waals surface area contributed by atoms with Crippen LogP contribution in [-0.2, 0) is 57.5 Å². The Morgan fingerprint density at radius 3 is 1.87 bits per heavy atom. The van der Waals surface area contributed by atoms with Crippen molar-refractivity contribution in [1.82, 2.24) is 42.1 Å². The number of carbonyl (C=O) groups is 12. The van der Waals surface area contributed by atoms with E-state index in [1.807, 2.05) is 5.32 Å². The molecule has 0 saturated carbocycles. The molecule has 1 fully saturated rings. The predicted octanol–water partition coefficient (Wildman–Crippen LogP) is -8.18. The number of carbonyl (C=O) groups excluding carboxylic acids is 9. The molecule has 1 rings (SSSR count). The summed E-state index contributed by atoms with van der Waals surface area (Å²) in [6.45, 7) is -0.413. The molecule has 382 valence electrons. The van der Waals surface area contributed by atoms with Crippen molar-refractivity contribution in [1.29, 1.82) is 0 Å². The quantitative estimate of drug-likeness (QED) is 0.0169. The summed E-state index contributed by atoms with van der Waals surface area (Å²) >= 11 is 0. The van der Waals surface area contributed by atoms with Crippen molar-refractivity contribution < 1.29 is 78.0 Å². The highest BCUT2D eigenvalue weighted by Gasteiger charge is 2.40. The van der Waals surface area contributed by atoms with Gasteiger partial charge in [-0.25, -0.2) is 4.79 Å². The van der Waals surface area contributed by atoms with E-state index >= 15 is 0 Å². The molecule has 1 aliphatic heterocycles. The van der Waals surface area contributed by atoms with E-state index in [9.17, 15) is 72.9 Å². The van der Waals surface area contributed by atoms with Gasteiger partial charge in [-0.05, 0) is 58.4 Å². The first-order valence-electron chi connectivity index (χ1n) is 21.4. The van der Waals surface area contributed by atoms with Gasteiger partial charge in [-0.1, -0.05) is 6.42 Å². The van der Waals surface area contributed by atoms with Gasteiger partial charge in [0.2, 0.25) is 53.2 Å². The number of nitrogens with one attached hydrogen (secondary N) is 7. The molecule has 0 bridgehead atoms. The number of unbranched alkanes of at least 4 members (excludes halogenated alkanes) is 1. The van der Waals surface area contributed by atoms with Gasteiger partial charge in [0.1, 0.15) is 42.3 Å². The Balaban J connectivity index is 3.19. The summed E-state index contributed by atoms with van der Waals surface area (Å²) in [6.07, 6.45) is -1.73. The maximum atomic E-state index is 13.9. The van der Waals surface area contributed by atoms with Crippen LogP contribution in [0.2, 0.25) is 0 Å². The third kappa shape index (κ3) is 21.9. The fourth-order valence-electron chi connectivity index (χ4n) is 6.45. The lowest BCUT2D eigenvalue weighted by atomic mass is 10.1. The van der Waals surface area contributed by atoms with E-state index < -0.39 is 158 Å². The number of nitrogens with zero attached hydrogens (tertiary/aromatic N) is 2. The van der Waals surface area contributed by atoms with Gasteiger partial charge in [-0.2, -0.15) is 0 Å². The molecule has 0 unspecified atom stereocenters. The number of aliphatic imine (C=N–C) groups is 1. The Labute approximate surface area is 389 Å². The van der Waals surface area contributed by atoms with E-state index in [0.717, 1.165) is 4.90 Å². The molecule has 0 aromatic heterocycles. The minimum atomic E-state index is -1.76. The van der Waals surface area contributed by atoms with Crippen LogP contribution in [0.3, 0.4) is 0 Å². The normalized spacial score (nSPS) is 16.1. The topological polar surface area (TPSA) is 516 Å². The average Bonchev–Trinajstić information content (AvgIpc) is 3.76. The molecule has 30 heteroatoms. The molecule has 1 saturated heterocycles. The van der Waals surface area contributed by atoms with E-state index in [2.05, 4.69) is 36.9 Å². The first kappa shape index (κ1) is 58.8. The number of carboxylic acids is 3. The largest absolute Gasteiger partial charge is 0.481 e. The van der Waals surface area contributed by atoms with Gasteiger partial charge in [0.15, 0.2) is 5.96 Å². The number of carboxylic acid groups (broad SMARTS) is 3. The highest BCUT2D eigenvalue weighted by atomic mass is 16.4. The fraction of sp³-hybridized carbons (Fsp3) is 0.658. The number of primary amides is 1. The Morgan fingerprint density at radius 1 is 0.676 bits per heavy atom. The monoisotopic (exact) mass is 972 g/mol. The van der Waals surface area contributed by atoms with Gasteiger partial charge >= 0.3 is 17.9 Å². The summed E-state index contributed by atoms with van der Waals surface area (Å²) in [4.78, 5) is 157. The molecule has 0 radical (unpaired) electrons. The van der Waals surface area contributed by atoms with E-state index in [4.69, 9.17) is 33.8 Å². The highest BCUT2D eigenvalue weighted by molar-refractivity contribution is 5.99. The summed E-state index contributed by atoms with van der Waals surface area (Å²) in [7, 11) is 0. The lowest BCUT2D eigenvalue weighted by molar-refractivity contribution is -0.144. The van der Waals surface area contributed by atoms with Gasteiger partial charge in [0, 0.05) is 19.5 Å². The maximum Gasteiger partial charge on any atom is 0.328 e. The molecule has 0 spiro atoms. The van der Waals surface area contributed by atoms with E-state index in [1.165, 1.54) is 6.92 Å². The van der Waals surface area contributed by atoms with E-state index in [-0.39, 0.29) is 51.2 Å². The third-order valence-electron chi connectivity index (χ3n) is 10.0. The number of amides is 9. The van der Waals surface area contributed by atoms with Crippen LogP contribution in [0.15, 0.2) is 4.99 Å². The Kier molecular flexibility index (Phi) is 26.1. The lowest BCUT2D eigenvalue weighted by Gasteiger charge is -2.30. The second-order valence-electron chi connectivity index (χ2n) is 15.6. The standard InChI is InChI=1S/C38H64N14O16/c1-18(30(60)51-24(17-53)37(67)68)46-33(63)20(7-4-12-44-38(42)43)47-27(55)16-45-32(62)22(14-26(41)54)50-35(65)25-8-5-13-52(25)36(66)21(9-10-28(56)57)48-34(64)23(15-29(58)59)49-31(61)19(40)6-2-3-11-39/h18-25,53H,2-17,39-40H2,1H3,(H2,41,54)(H,45,62)(H,46,63)(H,47,55)(H,48,64)(H,49,61)(H,50,65)(H,51,60)(H,56,57)(H,58,59)(H,67,68)(H4,42,43,44)/t18-,19-,20-,21-,22-,23-,24-,25-/m0/s1. The predicted molar refractivity (Wildman–Crippen MR) is 233 cm³/mol. The summed E-state index contributed by atoms with van der Waals surface area (Å²) < 4.78 is 0. The summed E-state index contributed by atoms with van der Waals surface area (Å²) in [5.74, 6) is -13.9. The van der Waals surface area contributed by atoms with Crippen molar-refractivity contribution in [2.24, 2.45) is 33.7 Å². The van der Waals surface area contributed by atoms with Gasteiger partial charge < -0.3 is 91.2 Å². The number of nitrogens with two attached hydrogens (primary N) is 5. The molecule has 0 aliphatic carbocycles. The number of likely N-dealkylation sites (tertiary alicyclic amines) is 1. The van der Waals surface area contributed by atoms with Crippen LogP contribution < -0.4 is 65.9 Å². The molecule has 9 amide bonds. The first-order chi connectivity index (χ1) is 31.9. The molecule has 1 aliphatic rings. The van der Waals surface area contributed by atoms with Gasteiger partial charge in [-0.3, -0.25) is 57.7 Å². The Morgan fingerprint density at radius 2 is 1.29 bits per heavy atom. The van der Waals surface area contributed by atoms with Crippen molar-refractivity contribution in [3.8, 4) is 0 Å². The molecule has 21 N–H and O–H groups in total. The van der Waals surface area contributed by atoms with Crippen LogP contribution in [0.25, 0.3) is 0 Å². The van der Waals surface area contributed by atoms with E-state index in [0.29, 0.717) is 19.4 Å². The molecule has 68 heavy (non-hydrogen) atoms. The van der Waals surface area contributed by atoms with Crippen molar-refractivity contribution >= 4 is 77.0 Å². The molecular weight excluding hydrogens is 908 g/mol. The highest BCUT2D eigenvalue weighted by Crippen LogP contribution is 2.20. The summed E-state index contributed by atoms with van der Waals surface area (Å²) in [5.41, 5.74) is 27.3. The zero-order valence-corrected chi connectivity index (χ0v) is 37.4. The summed E-state index contributed by atoms with van der Waals surface area (Å²) in [6, 6.07) is -12.1. The number of rotatable bonds is 32. The second kappa shape index (κ2) is 30.1. The van der Waals surface area contributed by atoms with Crippen molar-refractivity contribution in [3.63, 3.8) is 0 Å². The van der Waals surface area contributed by atoms with Crippen LogP contribution in [0, 0.1) is 0 Å². The maximum absolute atomic E-state index is 13.9. The molecule has 30 nitrogen and oxygen atoms in total. The molecule has 1 heterocycles. The van der Waals surface area contributed by atoms with Crippen molar-refractivity contribution in [2.45, 2.75) is 126 Å². The summed E-state index contributed by atoms with van der Waals surface area (Å²) in [5, 5.41) is 52.8. The second-order valence-corrected chi connectivity index (χ2v) is 15.6. The number of hydrogen-bond acceptors (Lipinski definition) is 16. The Bertz CT molecular complexity index is 1870. The van der Waals surface area contributed by atoms with Crippen molar-refractivity contribution in [2.75, 3.05) is 32.8 Å². The third-order valence-corrected chi connectivity index (χ3v) is 10.0. The van der Waals surface area contributed by atoms with Crippen LogP contribution in [0.5, 0.6) is 0 Å². The van der Waals surface area contributed by atoms with Gasteiger partial charge in [0.05, 0.1) is 32.0 Å². The number of aliphatic hydroxyl groups is 1. The fourth-order valence-corrected chi connectivity index (χ4v) is 6.45. The average molecular weight is 973 g/mol. The number of aliphatic carboxylic acids is 3. The first-order valence-corrected chi connectivity index (χ1v) is 21.4. The number of guanidine groups is 1. The molecule has 0 aromatic carbocycles. The molecule has 0 aromatic rings. The molecule has 8 atom stereocenters. The lowest BCUT2D eigenvalue weighted by Crippen LogP contribution is -2.59. The van der Waals surface area contributed by atoms with Crippen LogP contribution in [-0.4, -0.2) is 183 Å². The minimum absolute atomic E-state index is 0.000717. The molecular formula is C38H64N14O16. The van der Waals surface area contributed by atoms with E-state index in [1.54, 1.807) is 0 Å². The van der Waals surface area contributed by atoms with Gasteiger partial charge in [0.25, 0.3) is 0 Å². The zero-order valence-electron chi connectivity index (χ0n) is 37.4. The van der Waals surface area contributed by atoms with Crippen LogP contribution in [0.4, 0.5) is 0 Å². The zero-order chi connectivity index (χ0) is 51.7. The van der Waals surface area contributed by atoms with Crippen molar-refractivity contribution in [3.05, 3.63) is 0 Å². The Hall–Kier alpha value is -7.21. The van der Waals surface area contributed by atoms with Crippen LogP contribution in [0.1, 0.15) is 77.6 Å². The van der Waals surface area contributed by atoms with Gasteiger partial charge in [-0.15, -0.1) is 0 Å².